The molecule has 2 nitrogen and oxygen atoms in total. The molecular formula is C25H23BrO2S. The van der Waals surface area contributed by atoms with E-state index in [1.165, 1.54) is 5.56 Å². The molecule has 0 saturated heterocycles. The van der Waals surface area contributed by atoms with Gasteiger partial charge < -0.3 is 4.74 Å². The summed E-state index contributed by atoms with van der Waals surface area (Å²) in [7, 11) is 0.373. The SMILES string of the molecule is COc1ccc2cc(C(C)(C)C)ccc2c1-c1c(S(=O)Br)ccc2ccccc12. The maximum Gasteiger partial charge on any atom is 0.127 e. The largest absolute Gasteiger partial charge is 0.496 e. The van der Waals surface area contributed by atoms with Gasteiger partial charge in [-0.2, -0.15) is 0 Å². The average Bonchev–Trinajstić information content (AvgIpc) is 2.70. The van der Waals surface area contributed by atoms with E-state index in [4.69, 9.17) is 4.74 Å². The molecule has 0 aromatic heterocycles. The number of methoxy groups -OCH3 is 1. The monoisotopic (exact) mass is 466 g/mol. The highest BCUT2D eigenvalue weighted by Crippen LogP contribution is 2.44. The fourth-order valence-corrected chi connectivity index (χ4v) is 5.20. The molecule has 0 bridgehead atoms. The van der Waals surface area contributed by atoms with Gasteiger partial charge in [0.25, 0.3) is 0 Å². The molecule has 4 aromatic carbocycles. The van der Waals surface area contributed by atoms with Crippen molar-refractivity contribution in [2.24, 2.45) is 0 Å². The number of benzene rings is 4. The van der Waals surface area contributed by atoms with Crippen molar-refractivity contribution in [2.45, 2.75) is 31.1 Å². The molecule has 0 saturated carbocycles. The lowest BCUT2D eigenvalue weighted by atomic mass is 9.84. The molecule has 0 heterocycles. The highest BCUT2D eigenvalue weighted by Gasteiger charge is 2.21. The quantitative estimate of drug-likeness (QED) is 0.294. The molecule has 0 N–H and O–H groups in total. The zero-order valence-corrected chi connectivity index (χ0v) is 19.4. The van der Waals surface area contributed by atoms with Crippen LogP contribution in [0.2, 0.25) is 0 Å². The Hall–Kier alpha value is -2.17. The van der Waals surface area contributed by atoms with Crippen LogP contribution in [0.5, 0.6) is 5.75 Å². The third-order valence-electron chi connectivity index (χ3n) is 5.38. The summed E-state index contributed by atoms with van der Waals surface area (Å²) in [5, 5.41) is 4.40. The van der Waals surface area contributed by atoms with Gasteiger partial charge in [-0.3, -0.25) is 0 Å². The number of halogens is 1. The zero-order chi connectivity index (χ0) is 20.8. The predicted octanol–water partition coefficient (Wildman–Crippen LogP) is 7.38. The van der Waals surface area contributed by atoms with Gasteiger partial charge in [-0.25, -0.2) is 4.21 Å². The maximum atomic E-state index is 12.6. The second-order valence-corrected chi connectivity index (χ2v) is 10.9. The molecule has 4 aromatic rings. The molecular weight excluding hydrogens is 444 g/mol. The first-order valence-corrected chi connectivity index (χ1v) is 12.5. The van der Waals surface area contributed by atoms with Crippen LogP contribution >= 0.6 is 14.8 Å². The van der Waals surface area contributed by atoms with E-state index in [9.17, 15) is 4.21 Å². The van der Waals surface area contributed by atoms with Gasteiger partial charge in [0, 0.05) is 25.9 Å². The first kappa shape index (κ1) is 20.1. The Morgan fingerprint density at radius 2 is 1.52 bits per heavy atom. The standard InChI is InChI=1S/C25H23BrO2S/c1-25(2,3)18-11-12-20-17(15-18)9-13-21(28-4)23(20)24-19-8-6-5-7-16(19)10-14-22(24)29(26)27/h5-15H,1-4H3. The van der Waals surface area contributed by atoms with Crippen molar-refractivity contribution in [3.63, 3.8) is 0 Å². The molecule has 1 unspecified atom stereocenters. The van der Waals surface area contributed by atoms with E-state index in [2.05, 4.69) is 72.0 Å². The van der Waals surface area contributed by atoms with E-state index in [1.54, 1.807) is 7.11 Å². The molecule has 4 heteroatoms. The van der Waals surface area contributed by atoms with Gasteiger partial charge in [0.05, 0.1) is 12.0 Å². The summed E-state index contributed by atoms with van der Waals surface area (Å²) in [4.78, 5) is 0.745. The summed E-state index contributed by atoms with van der Waals surface area (Å²) >= 11 is 3.30. The minimum absolute atomic E-state index is 0.0657. The Bertz CT molecular complexity index is 1260. The van der Waals surface area contributed by atoms with Gasteiger partial charge in [0.15, 0.2) is 0 Å². The van der Waals surface area contributed by atoms with Crippen molar-refractivity contribution >= 4 is 45.6 Å². The van der Waals surface area contributed by atoms with Gasteiger partial charge in [0.2, 0.25) is 0 Å². The molecule has 0 aliphatic carbocycles. The topological polar surface area (TPSA) is 26.3 Å². The Labute approximate surface area is 181 Å². The summed E-state index contributed by atoms with van der Waals surface area (Å²) < 4.78 is 18.4. The smallest absolute Gasteiger partial charge is 0.127 e. The Kier molecular flexibility index (Phi) is 5.26. The van der Waals surface area contributed by atoms with E-state index in [0.29, 0.717) is 0 Å². The van der Waals surface area contributed by atoms with Crippen molar-refractivity contribution in [1.29, 1.82) is 0 Å². The van der Waals surface area contributed by atoms with E-state index in [0.717, 1.165) is 43.3 Å². The van der Waals surface area contributed by atoms with Gasteiger partial charge in [-0.1, -0.05) is 75.4 Å². The summed E-state index contributed by atoms with van der Waals surface area (Å²) in [6.07, 6.45) is 0. The molecule has 0 amide bonds. The first-order chi connectivity index (χ1) is 13.8. The van der Waals surface area contributed by atoms with E-state index < -0.39 is 9.23 Å². The lowest BCUT2D eigenvalue weighted by molar-refractivity contribution is 0.417. The molecule has 0 aliphatic rings. The van der Waals surface area contributed by atoms with E-state index in [1.807, 2.05) is 30.3 Å². The molecule has 0 fully saturated rings. The number of hydrogen-bond donors (Lipinski definition) is 0. The van der Waals surface area contributed by atoms with Crippen LogP contribution in [0.4, 0.5) is 0 Å². The summed E-state index contributed by atoms with van der Waals surface area (Å²) in [5.41, 5.74) is 3.27. The second-order valence-electron chi connectivity index (χ2n) is 8.21. The molecule has 0 spiro atoms. The predicted molar refractivity (Wildman–Crippen MR) is 127 cm³/mol. The third-order valence-corrected chi connectivity index (χ3v) is 7.11. The van der Waals surface area contributed by atoms with Crippen molar-refractivity contribution < 1.29 is 8.95 Å². The highest BCUT2D eigenvalue weighted by atomic mass is 79.9. The second kappa shape index (κ2) is 7.58. The molecule has 4 rings (SSSR count). The zero-order valence-electron chi connectivity index (χ0n) is 17.0. The summed E-state index contributed by atoms with van der Waals surface area (Å²) in [6.45, 7) is 6.65. The van der Waals surface area contributed by atoms with E-state index in [-0.39, 0.29) is 5.41 Å². The summed E-state index contributed by atoms with van der Waals surface area (Å²) in [6, 6.07) is 22.8. The first-order valence-electron chi connectivity index (χ1n) is 9.52. The van der Waals surface area contributed by atoms with Crippen LogP contribution in [0.1, 0.15) is 26.3 Å². The lowest BCUT2D eigenvalue weighted by Crippen LogP contribution is -2.10. The van der Waals surface area contributed by atoms with Gasteiger partial charge in [-0.05, 0) is 44.7 Å². The van der Waals surface area contributed by atoms with E-state index >= 15 is 0 Å². The van der Waals surface area contributed by atoms with Crippen LogP contribution in [0.25, 0.3) is 32.7 Å². The normalized spacial score (nSPS) is 13.0. The van der Waals surface area contributed by atoms with Gasteiger partial charge in [0.1, 0.15) is 15.0 Å². The van der Waals surface area contributed by atoms with Gasteiger partial charge >= 0.3 is 0 Å². The minimum Gasteiger partial charge on any atom is -0.496 e. The maximum absolute atomic E-state index is 12.6. The van der Waals surface area contributed by atoms with Crippen LogP contribution in [0, 0.1) is 0 Å². The molecule has 148 valence electrons. The number of hydrogen-bond acceptors (Lipinski definition) is 2. The molecule has 1 atom stereocenters. The Balaban J connectivity index is 2.16. The lowest BCUT2D eigenvalue weighted by Gasteiger charge is -2.21. The van der Waals surface area contributed by atoms with Crippen LogP contribution in [0.3, 0.4) is 0 Å². The fraction of sp³-hybridized carbons (Fsp3) is 0.200. The van der Waals surface area contributed by atoms with Crippen LogP contribution in [-0.4, -0.2) is 11.3 Å². The van der Waals surface area contributed by atoms with Crippen molar-refractivity contribution in [2.75, 3.05) is 7.11 Å². The number of rotatable bonds is 3. The Morgan fingerprint density at radius 1 is 0.828 bits per heavy atom. The van der Waals surface area contributed by atoms with Crippen molar-refractivity contribution in [1.82, 2.24) is 0 Å². The minimum atomic E-state index is -1.31. The summed E-state index contributed by atoms with van der Waals surface area (Å²) in [5.74, 6) is 0.775. The van der Waals surface area contributed by atoms with Crippen LogP contribution in [-0.2, 0) is 14.6 Å². The molecule has 0 radical (unpaired) electrons. The molecule has 29 heavy (non-hydrogen) atoms. The van der Waals surface area contributed by atoms with Crippen LogP contribution in [0.15, 0.2) is 71.6 Å². The van der Waals surface area contributed by atoms with Crippen molar-refractivity contribution in [3.05, 3.63) is 72.3 Å². The fourth-order valence-electron chi connectivity index (χ4n) is 3.85. The average molecular weight is 467 g/mol. The van der Waals surface area contributed by atoms with Crippen LogP contribution < -0.4 is 4.74 Å². The van der Waals surface area contributed by atoms with Crippen molar-refractivity contribution in [3.8, 4) is 16.9 Å². The third kappa shape index (κ3) is 3.60. The number of ether oxygens (including phenoxy) is 1. The highest BCUT2D eigenvalue weighted by molar-refractivity contribution is 9.46. The molecule has 0 aliphatic heterocycles. The number of fused-ring (bicyclic) bond motifs is 2. The Morgan fingerprint density at radius 3 is 2.21 bits per heavy atom. The van der Waals surface area contributed by atoms with Gasteiger partial charge in [-0.15, -0.1) is 0 Å².